The van der Waals surface area contributed by atoms with Crippen molar-refractivity contribution in [3.8, 4) is 11.3 Å². The summed E-state index contributed by atoms with van der Waals surface area (Å²) in [5, 5.41) is 4.38. The van der Waals surface area contributed by atoms with Gasteiger partial charge in [-0.3, -0.25) is 0 Å². The van der Waals surface area contributed by atoms with E-state index in [1.165, 1.54) is 5.56 Å². The number of aromatic nitrogens is 2. The van der Waals surface area contributed by atoms with Gasteiger partial charge in [-0.2, -0.15) is 0 Å². The Labute approximate surface area is 156 Å². The molecule has 0 fully saturated rings. The first-order valence-corrected chi connectivity index (χ1v) is 8.96. The zero-order valence-corrected chi connectivity index (χ0v) is 16.0. The summed E-state index contributed by atoms with van der Waals surface area (Å²) in [6.07, 6.45) is 9.66. The molecule has 0 atom stereocenters. The number of nitrogens with zero attached hydrogens (tertiary/aromatic N) is 2. The molecule has 0 aliphatic rings. The Hall–Kier alpha value is -3.07. The molecule has 134 valence electrons. The molecular weight excluding hydrogens is 318 g/mol. The maximum atomic E-state index is 4.49. The molecule has 2 aromatic heterocycles. The van der Waals surface area contributed by atoms with Gasteiger partial charge in [-0.1, -0.05) is 69.0 Å². The number of hydrogen-bond donors (Lipinski definition) is 1. The number of pyridine rings is 1. The Bertz CT molecular complexity index is 915. The number of hydrogen-bond acceptors (Lipinski definition) is 2. The predicted molar refractivity (Wildman–Crippen MR) is 114 cm³/mol. The highest BCUT2D eigenvalue weighted by molar-refractivity contribution is 5.95. The summed E-state index contributed by atoms with van der Waals surface area (Å²) >= 11 is 0. The monoisotopic (exact) mass is 345 g/mol. The lowest BCUT2D eigenvalue weighted by Gasteiger charge is -2.06. The van der Waals surface area contributed by atoms with Crippen LogP contribution in [-0.4, -0.2) is 9.55 Å². The molecule has 0 unspecified atom stereocenters. The summed E-state index contributed by atoms with van der Waals surface area (Å²) in [7, 11) is 2.08. The van der Waals surface area contributed by atoms with Crippen LogP contribution in [0.15, 0.2) is 85.2 Å². The van der Waals surface area contributed by atoms with Crippen molar-refractivity contribution in [2.75, 3.05) is 5.32 Å². The van der Waals surface area contributed by atoms with Gasteiger partial charge in [-0.15, -0.1) is 0 Å². The van der Waals surface area contributed by atoms with E-state index >= 15 is 0 Å². The van der Waals surface area contributed by atoms with Gasteiger partial charge in [0.05, 0.1) is 5.52 Å². The minimum Gasteiger partial charge on any atom is -0.343 e. The predicted octanol–water partition coefficient (Wildman–Crippen LogP) is 6.32. The van der Waals surface area contributed by atoms with Crippen molar-refractivity contribution in [1.29, 1.82) is 0 Å². The lowest BCUT2D eigenvalue weighted by atomic mass is 10.1. The van der Waals surface area contributed by atoms with Crippen molar-refractivity contribution in [1.82, 2.24) is 9.55 Å². The average molecular weight is 345 g/mol. The largest absolute Gasteiger partial charge is 0.343 e. The molecule has 1 aromatic carbocycles. The zero-order valence-electron chi connectivity index (χ0n) is 16.0. The van der Waals surface area contributed by atoms with Crippen LogP contribution in [0.25, 0.3) is 22.2 Å². The first kappa shape index (κ1) is 19.3. The molecule has 1 N–H and O–H groups in total. The molecule has 3 heteroatoms. The third kappa shape index (κ3) is 4.31. The Kier molecular flexibility index (Phi) is 6.98. The minimum absolute atomic E-state index is 0.804. The quantitative estimate of drug-likeness (QED) is 0.548. The van der Waals surface area contributed by atoms with E-state index in [1.807, 2.05) is 63.4 Å². The second-order valence-corrected chi connectivity index (χ2v) is 5.58. The second-order valence-electron chi connectivity index (χ2n) is 5.58. The second kappa shape index (κ2) is 9.42. The van der Waals surface area contributed by atoms with Crippen LogP contribution >= 0.6 is 0 Å². The SMILES string of the molecule is C=C(/C=C\C=C/C)Nc1nccc2c1cc(-c1ccccc1)n2C.CC. The first-order chi connectivity index (χ1) is 12.7. The molecule has 0 aliphatic carbocycles. The molecule has 0 aliphatic heterocycles. The van der Waals surface area contributed by atoms with Crippen LogP contribution in [0.5, 0.6) is 0 Å². The van der Waals surface area contributed by atoms with Crippen LogP contribution in [-0.2, 0) is 7.05 Å². The van der Waals surface area contributed by atoms with Gasteiger partial charge in [0.25, 0.3) is 0 Å². The molecule has 0 bridgehead atoms. The van der Waals surface area contributed by atoms with Gasteiger partial charge in [0.2, 0.25) is 0 Å². The average Bonchev–Trinajstić information content (AvgIpc) is 3.02. The Balaban J connectivity index is 0.00000117. The van der Waals surface area contributed by atoms with E-state index in [0.717, 1.165) is 28.1 Å². The highest BCUT2D eigenvalue weighted by Crippen LogP contribution is 2.30. The van der Waals surface area contributed by atoms with Gasteiger partial charge in [0.15, 0.2) is 0 Å². The Morgan fingerprint density at radius 2 is 1.85 bits per heavy atom. The van der Waals surface area contributed by atoms with Crippen LogP contribution in [0.2, 0.25) is 0 Å². The number of aryl methyl sites for hydroxylation is 1. The van der Waals surface area contributed by atoms with Gasteiger partial charge < -0.3 is 9.88 Å². The molecule has 2 heterocycles. The van der Waals surface area contributed by atoms with Crippen LogP contribution in [0.4, 0.5) is 5.82 Å². The van der Waals surface area contributed by atoms with Gasteiger partial charge in [0.1, 0.15) is 5.82 Å². The molecular formula is C23H27N3. The van der Waals surface area contributed by atoms with E-state index in [-0.39, 0.29) is 0 Å². The van der Waals surface area contributed by atoms with Crippen LogP contribution in [0.3, 0.4) is 0 Å². The molecule has 3 nitrogen and oxygen atoms in total. The van der Waals surface area contributed by atoms with Gasteiger partial charge >= 0.3 is 0 Å². The van der Waals surface area contributed by atoms with E-state index < -0.39 is 0 Å². The van der Waals surface area contributed by atoms with E-state index in [4.69, 9.17) is 0 Å². The zero-order chi connectivity index (χ0) is 18.9. The lowest BCUT2D eigenvalue weighted by molar-refractivity contribution is 0.977. The van der Waals surface area contributed by atoms with Crippen molar-refractivity contribution in [2.24, 2.45) is 7.05 Å². The van der Waals surface area contributed by atoms with E-state index in [0.29, 0.717) is 0 Å². The van der Waals surface area contributed by atoms with E-state index in [2.05, 4.69) is 58.8 Å². The van der Waals surface area contributed by atoms with Crippen molar-refractivity contribution in [3.05, 3.63) is 85.2 Å². The van der Waals surface area contributed by atoms with Crippen molar-refractivity contribution in [3.63, 3.8) is 0 Å². The normalized spacial score (nSPS) is 10.9. The first-order valence-electron chi connectivity index (χ1n) is 8.96. The molecule has 0 saturated carbocycles. The standard InChI is InChI=1S/C21H21N3.C2H6/c1-4-5-7-10-16(2)23-21-18-15-20(17-11-8-6-9-12-17)24(3)19(18)13-14-22-21;1-2/h4-15H,2H2,1,3H3,(H,22,23);1-2H3/b5-4-,10-7-;. The van der Waals surface area contributed by atoms with Crippen molar-refractivity contribution < 1.29 is 0 Å². The van der Waals surface area contributed by atoms with Crippen molar-refractivity contribution >= 4 is 16.7 Å². The highest BCUT2D eigenvalue weighted by Gasteiger charge is 2.11. The number of benzene rings is 1. The fourth-order valence-corrected chi connectivity index (χ4v) is 2.72. The fourth-order valence-electron chi connectivity index (χ4n) is 2.72. The maximum Gasteiger partial charge on any atom is 0.139 e. The van der Waals surface area contributed by atoms with Gasteiger partial charge in [-0.05, 0) is 30.7 Å². The number of rotatable bonds is 5. The summed E-state index contributed by atoms with van der Waals surface area (Å²) < 4.78 is 2.19. The maximum absolute atomic E-state index is 4.49. The molecule has 0 radical (unpaired) electrons. The number of nitrogens with one attached hydrogen (secondary N) is 1. The molecule has 0 amide bonds. The number of allylic oxidation sites excluding steroid dienone is 4. The molecule has 0 saturated heterocycles. The number of fused-ring (bicyclic) bond motifs is 1. The smallest absolute Gasteiger partial charge is 0.139 e. The minimum atomic E-state index is 0.804. The summed E-state index contributed by atoms with van der Waals surface area (Å²) in [5.74, 6) is 0.820. The summed E-state index contributed by atoms with van der Waals surface area (Å²) in [5.41, 5.74) is 4.29. The van der Waals surface area contributed by atoms with E-state index in [1.54, 1.807) is 0 Å². The van der Waals surface area contributed by atoms with Crippen molar-refractivity contribution in [2.45, 2.75) is 20.8 Å². The Morgan fingerprint density at radius 1 is 1.12 bits per heavy atom. The fraction of sp³-hybridized carbons (Fsp3) is 0.174. The highest BCUT2D eigenvalue weighted by atomic mass is 15.0. The van der Waals surface area contributed by atoms with Crippen LogP contribution in [0, 0.1) is 0 Å². The number of anilines is 1. The summed E-state index contributed by atoms with van der Waals surface area (Å²) in [6, 6.07) is 14.6. The van der Waals surface area contributed by atoms with Crippen LogP contribution < -0.4 is 5.32 Å². The topological polar surface area (TPSA) is 29.9 Å². The molecule has 3 rings (SSSR count). The van der Waals surface area contributed by atoms with Gasteiger partial charge in [-0.25, -0.2) is 4.98 Å². The Morgan fingerprint density at radius 3 is 2.54 bits per heavy atom. The summed E-state index contributed by atoms with van der Waals surface area (Å²) in [4.78, 5) is 4.49. The third-order valence-electron chi connectivity index (χ3n) is 3.92. The van der Waals surface area contributed by atoms with Gasteiger partial charge in [0, 0.05) is 30.0 Å². The van der Waals surface area contributed by atoms with Crippen LogP contribution in [0.1, 0.15) is 20.8 Å². The molecule has 0 spiro atoms. The molecule has 3 aromatic rings. The molecule has 26 heavy (non-hydrogen) atoms. The third-order valence-corrected chi connectivity index (χ3v) is 3.92. The lowest BCUT2D eigenvalue weighted by Crippen LogP contribution is -1.98. The summed E-state index contributed by atoms with van der Waals surface area (Å²) in [6.45, 7) is 10.0. The van der Waals surface area contributed by atoms with E-state index in [9.17, 15) is 0 Å².